The van der Waals surface area contributed by atoms with E-state index in [0.29, 0.717) is 11.5 Å². The summed E-state index contributed by atoms with van der Waals surface area (Å²) in [6.45, 7) is 0.193. The van der Waals surface area contributed by atoms with E-state index in [2.05, 4.69) is 6.58 Å². The summed E-state index contributed by atoms with van der Waals surface area (Å²) in [5.41, 5.74) is 0. The standard InChI is InChI=1S/C14H11F2O3PS/c1-2-17-20(21,18-13-7-3-11(15)4-8-13)19-14-9-5-12(16)6-10-14/h2-10H,1H2. The molecule has 0 N–H and O–H groups in total. The van der Waals surface area contributed by atoms with Crippen LogP contribution in [0.25, 0.3) is 0 Å². The monoisotopic (exact) mass is 328 g/mol. The first-order chi connectivity index (χ1) is 10.0. The topological polar surface area (TPSA) is 27.7 Å². The van der Waals surface area contributed by atoms with Crippen molar-refractivity contribution in [1.82, 2.24) is 0 Å². The van der Waals surface area contributed by atoms with Crippen molar-refractivity contribution in [2.75, 3.05) is 0 Å². The molecular weight excluding hydrogens is 317 g/mol. The predicted octanol–water partition coefficient (Wildman–Crippen LogP) is 4.81. The van der Waals surface area contributed by atoms with Crippen molar-refractivity contribution in [2.24, 2.45) is 0 Å². The third kappa shape index (κ3) is 4.55. The van der Waals surface area contributed by atoms with Gasteiger partial charge in [-0.15, -0.1) is 0 Å². The zero-order valence-electron chi connectivity index (χ0n) is 10.7. The SMILES string of the molecule is C=COP(=S)(Oc1ccc(F)cc1)Oc1ccc(F)cc1. The Morgan fingerprint density at radius 3 is 1.57 bits per heavy atom. The number of hydrogen-bond acceptors (Lipinski definition) is 4. The summed E-state index contributed by atoms with van der Waals surface area (Å²) >= 11 is 5.22. The van der Waals surface area contributed by atoms with Crippen LogP contribution in [0.4, 0.5) is 8.78 Å². The molecule has 0 aromatic heterocycles. The maximum atomic E-state index is 12.9. The van der Waals surface area contributed by atoms with E-state index in [1.165, 1.54) is 48.5 Å². The van der Waals surface area contributed by atoms with E-state index < -0.39 is 18.4 Å². The molecule has 0 unspecified atom stereocenters. The van der Waals surface area contributed by atoms with E-state index in [1.54, 1.807) is 0 Å². The van der Waals surface area contributed by atoms with Gasteiger partial charge < -0.3 is 13.6 Å². The molecule has 3 nitrogen and oxygen atoms in total. The molecule has 0 aliphatic rings. The lowest BCUT2D eigenvalue weighted by atomic mass is 10.3. The molecule has 0 heterocycles. The first kappa shape index (κ1) is 15.5. The highest BCUT2D eigenvalue weighted by Crippen LogP contribution is 2.50. The zero-order valence-corrected chi connectivity index (χ0v) is 12.5. The molecule has 2 aromatic carbocycles. The highest BCUT2D eigenvalue weighted by molar-refractivity contribution is 8.08. The van der Waals surface area contributed by atoms with Gasteiger partial charge in [-0.05, 0) is 48.5 Å². The van der Waals surface area contributed by atoms with Gasteiger partial charge in [-0.2, -0.15) is 0 Å². The van der Waals surface area contributed by atoms with Crippen LogP contribution in [0, 0.1) is 11.6 Å². The molecule has 0 radical (unpaired) electrons. The van der Waals surface area contributed by atoms with E-state index in [9.17, 15) is 8.78 Å². The van der Waals surface area contributed by atoms with Crippen molar-refractivity contribution in [1.29, 1.82) is 0 Å². The minimum absolute atomic E-state index is 0.295. The third-order valence-corrected chi connectivity index (χ3v) is 4.25. The second-order valence-corrected chi connectivity index (χ2v) is 6.62. The molecule has 2 aromatic rings. The van der Waals surface area contributed by atoms with Crippen molar-refractivity contribution >= 4 is 18.5 Å². The second kappa shape index (κ2) is 6.70. The fraction of sp³-hybridized carbons (Fsp3) is 0. The number of hydrogen-bond donors (Lipinski definition) is 0. The quantitative estimate of drug-likeness (QED) is 0.562. The smallest absolute Gasteiger partial charge is 0.416 e. The Balaban J connectivity index is 2.19. The van der Waals surface area contributed by atoms with Gasteiger partial charge in [0.2, 0.25) is 0 Å². The lowest BCUT2D eigenvalue weighted by molar-refractivity contribution is 0.352. The van der Waals surface area contributed by atoms with Gasteiger partial charge in [0.15, 0.2) is 0 Å². The molecule has 0 atom stereocenters. The van der Waals surface area contributed by atoms with Crippen molar-refractivity contribution in [3.05, 3.63) is 73.0 Å². The van der Waals surface area contributed by atoms with Crippen LogP contribution in [-0.4, -0.2) is 0 Å². The Labute approximate surface area is 126 Å². The van der Waals surface area contributed by atoms with Crippen molar-refractivity contribution in [3.63, 3.8) is 0 Å². The molecule has 0 saturated carbocycles. The number of benzene rings is 2. The van der Waals surface area contributed by atoms with Gasteiger partial charge in [-0.1, -0.05) is 6.58 Å². The van der Waals surface area contributed by atoms with E-state index in [-0.39, 0.29) is 0 Å². The van der Waals surface area contributed by atoms with Gasteiger partial charge in [-0.25, -0.2) is 8.78 Å². The normalized spacial score (nSPS) is 10.8. The lowest BCUT2D eigenvalue weighted by Gasteiger charge is -2.21. The Morgan fingerprint density at radius 1 is 0.857 bits per heavy atom. The average Bonchev–Trinajstić information content (AvgIpc) is 2.44. The highest BCUT2D eigenvalue weighted by atomic mass is 32.5. The molecule has 21 heavy (non-hydrogen) atoms. The average molecular weight is 328 g/mol. The minimum atomic E-state index is -3.22. The van der Waals surface area contributed by atoms with Crippen LogP contribution < -0.4 is 9.05 Å². The Morgan fingerprint density at radius 2 is 1.24 bits per heavy atom. The summed E-state index contributed by atoms with van der Waals surface area (Å²) in [5.74, 6) is -0.216. The lowest BCUT2D eigenvalue weighted by Crippen LogP contribution is -2.02. The fourth-order valence-electron chi connectivity index (χ4n) is 1.40. The van der Waals surface area contributed by atoms with Gasteiger partial charge in [-0.3, -0.25) is 0 Å². The molecule has 0 spiro atoms. The predicted molar refractivity (Wildman–Crippen MR) is 79.6 cm³/mol. The Hall–Kier alpha value is -1.91. The molecule has 2 rings (SSSR count). The van der Waals surface area contributed by atoms with Gasteiger partial charge >= 0.3 is 6.72 Å². The van der Waals surface area contributed by atoms with Crippen molar-refractivity contribution in [3.8, 4) is 11.5 Å². The van der Waals surface area contributed by atoms with E-state index in [0.717, 1.165) is 6.26 Å². The summed E-state index contributed by atoms with van der Waals surface area (Å²) in [6.07, 6.45) is 1.10. The Kier molecular flexibility index (Phi) is 4.94. The zero-order chi connectivity index (χ0) is 15.3. The van der Waals surface area contributed by atoms with Gasteiger partial charge in [0.05, 0.1) is 6.26 Å². The molecule has 7 heteroatoms. The van der Waals surface area contributed by atoms with Crippen LogP contribution in [0.2, 0.25) is 0 Å². The molecule has 0 aliphatic heterocycles. The van der Waals surface area contributed by atoms with Crippen LogP contribution in [-0.2, 0) is 16.3 Å². The fourth-order valence-corrected chi connectivity index (χ4v) is 3.17. The highest BCUT2D eigenvalue weighted by Gasteiger charge is 2.24. The maximum absolute atomic E-state index is 12.9. The molecular formula is C14H11F2O3PS. The minimum Gasteiger partial charge on any atom is -0.416 e. The number of rotatable bonds is 6. The maximum Gasteiger partial charge on any atom is 0.489 e. The number of halogens is 2. The molecule has 0 saturated heterocycles. The molecule has 110 valence electrons. The summed E-state index contributed by atoms with van der Waals surface area (Å²) < 4.78 is 41.8. The summed E-state index contributed by atoms with van der Waals surface area (Å²) in [7, 11) is 0. The van der Waals surface area contributed by atoms with E-state index >= 15 is 0 Å². The van der Waals surface area contributed by atoms with Gasteiger partial charge in [0.1, 0.15) is 23.1 Å². The van der Waals surface area contributed by atoms with Crippen molar-refractivity contribution in [2.45, 2.75) is 0 Å². The van der Waals surface area contributed by atoms with Gasteiger partial charge in [0.25, 0.3) is 0 Å². The Bertz CT molecular complexity index is 607. The third-order valence-electron chi connectivity index (χ3n) is 2.27. The molecule has 0 fully saturated rings. The van der Waals surface area contributed by atoms with E-state index in [1.807, 2.05) is 0 Å². The first-order valence-electron chi connectivity index (χ1n) is 5.80. The second-order valence-electron chi connectivity index (χ2n) is 3.81. The van der Waals surface area contributed by atoms with Crippen LogP contribution in [0.1, 0.15) is 0 Å². The molecule has 0 amide bonds. The molecule has 0 bridgehead atoms. The first-order valence-corrected chi connectivity index (χ1v) is 8.36. The van der Waals surface area contributed by atoms with Crippen molar-refractivity contribution < 1.29 is 22.4 Å². The summed E-state index contributed by atoms with van der Waals surface area (Å²) in [6, 6.07) is 10.5. The largest absolute Gasteiger partial charge is 0.489 e. The van der Waals surface area contributed by atoms with Crippen LogP contribution >= 0.6 is 6.72 Å². The van der Waals surface area contributed by atoms with Crippen LogP contribution in [0.3, 0.4) is 0 Å². The van der Waals surface area contributed by atoms with Gasteiger partial charge in [0, 0.05) is 11.8 Å². The summed E-state index contributed by atoms with van der Waals surface area (Å²) in [5, 5.41) is 0. The van der Waals surface area contributed by atoms with Crippen LogP contribution in [0.5, 0.6) is 11.5 Å². The molecule has 0 aliphatic carbocycles. The van der Waals surface area contributed by atoms with Crippen LogP contribution in [0.15, 0.2) is 61.4 Å². The van der Waals surface area contributed by atoms with E-state index in [4.69, 9.17) is 25.4 Å². The summed E-state index contributed by atoms with van der Waals surface area (Å²) in [4.78, 5) is 0.